The number of sulfone groups is 1. The molecule has 0 radical (unpaired) electrons. The molecule has 0 aromatic heterocycles. The Kier molecular flexibility index (Phi) is 5.23. The van der Waals surface area contributed by atoms with E-state index >= 15 is 0 Å². The van der Waals surface area contributed by atoms with Gasteiger partial charge >= 0.3 is 0 Å². The zero-order chi connectivity index (χ0) is 16.9. The lowest BCUT2D eigenvalue weighted by Crippen LogP contribution is -2.14. The summed E-state index contributed by atoms with van der Waals surface area (Å²) in [6.07, 6.45) is 0. The van der Waals surface area contributed by atoms with Crippen molar-refractivity contribution in [1.29, 1.82) is 0 Å². The third kappa shape index (κ3) is 4.23. The summed E-state index contributed by atoms with van der Waals surface area (Å²) in [5.41, 5.74) is 8.53. The largest absolute Gasteiger partial charge is 0.326 e. The van der Waals surface area contributed by atoms with E-state index in [9.17, 15) is 13.2 Å². The summed E-state index contributed by atoms with van der Waals surface area (Å²) in [6.45, 7) is -0.334. The van der Waals surface area contributed by atoms with Gasteiger partial charge in [0, 0.05) is 15.6 Å². The minimum Gasteiger partial charge on any atom is -0.326 e. The third-order valence-electron chi connectivity index (χ3n) is 2.83. The molecular weight excluding hydrogens is 340 g/mol. The molecule has 2 aromatic rings. The van der Waals surface area contributed by atoms with E-state index in [2.05, 4.69) is 15.3 Å². The van der Waals surface area contributed by atoms with Crippen LogP contribution in [-0.2, 0) is 14.6 Å². The fourth-order valence-corrected chi connectivity index (χ4v) is 3.35. The van der Waals surface area contributed by atoms with Gasteiger partial charge in [0.15, 0.2) is 0 Å². The predicted molar refractivity (Wildman–Crippen MR) is 86.0 cm³/mol. The van der Waals surface area contributed by atoms with Crippen LogP contribution in [0.25, 0.3) is 10.4 Å². The van der Waals surface area contributed by atoms with Gasteiger partial charge in [0.2, 0.25) is 15.7 Å². The van der Waals surface area contributed by atoms with Gasteiger partial charge in [0.25, 0.3) is 0 Å². The van der Waals surface area contributed by atoms with E-state index in [1.54, 1.807) is 12.1 Å². The number of benzene rings is 2. The molecule has 0 saturated heterocycles. The van der Waals surface area contributed by atoms with Crippen molar-refractivity contribution < 1.29 is 13.2 Å². The Hall–Kier alpha value is -2.54. The molecule has 0 saturated carbocycles. The van der Waals surface area contributed by atoms with Crippen LogP contribution in [-0.4, -0.2) is 20.9 Å². The van der Waals surface area contributed by atoms with Crippen molar-refractivity contribution in [3.05, 3.63) is 64.0 Å². The Morgan fingerprint density at radius 1 is 1.17 bits per heavy atom. The molecule has 0 aliphatic rings. The molecule has 0 aliphatic heterocycles. The van der Waals surface area contributed by atoms with Gasteiger partial charge in [-0.3, -0.25) is 4.79 Å². The number of anilines is 1. The van der Waals surface area contributed by atoms with Gasteiger partial charge in [-0.2, -0.15) is 0 Å². The van der Waals surface area contributed by atoms with Gasteiger partial charge in [0.1, 0.15) is 6.54 Å². The van der Waals surface area contributed by atoms with E-state index in [0.29, 0.717) is 10.7 Å². The van der Waals surface area contributed by atoms with Crippen molar-refractivity contribution in [2.24, 2.45) is 5.11 Å². The van der Waals surface area contributed by atoms with Crippen molar-refractivity contribution >= 4 is 33.0 Å². The van der Waals surface area contributed by atoms with Gasteiger partial charge in [-0.15, -0.1) is 0 Å². The molecule has 0 aliphatic carbocycles. The molecule has 0 unspecified atom stereocenters. The number of nitrogens with zero attached hydrogens (tertiary/aromatic N) is 3. The number of hydrogen-bond acceptors (Lipinski definition) is 4. The molecule has 118 valence electrons. The number of halogens is 1. The van der Waals surface area contributed by atoms with Crippen molar-refractivity contribution in [3.8, 4) is 0 Å². The van der Waals surface area contributed by atoms with E-state index in [0.717, 1.165) is 0 Å². The minimum atomic E-state index is -3.68. The molecular formula is C14H11ClN4O3S. The van der Waals surface area contributed by atoms with E-state index in [4.69, 9.17) is 17.1 Å². The van der Waals surface area contributed by atoms with Gasteiger partial charge in [-0.25, -0.2) is 8.42 Å². The zero-order valence-corrected chi connectivity index (χ0v) is 13.3. The van der Waals surface area contributed by atoms with Gasteiger partial charge in [0.05, 0.1) is 9.79 Å². The molecule has 0 fully saturated rings. The number of nitrogens with one attached hydrogen (secondary N) is 1. The first-order valence-electron chi connectivity index (χ1n) is 6.35. The highest BCUT2D eigenvalue weighted by Gasteiger charge is 2.17. The van der Waals surface area contributed by atoms with Crippen LogP contribution in [0.1, 0.15) is 0 Å². The van der Waals surface area contributed by atoms with Crippen LogP contribution >= 0.6 is 11.6 Å². The normalized spacial score (nSPS) is 10.7. The average Bonchev–Trinajstić information content (AvgIpc) is 2.53. The van der Waals surface area contributed by atoms with Crippen LogP contribution in [0.5, 0.6) is 0 Å². The molecule has 0 bridgehead atoms. The molecule has 2 rings (SSSR count). The standard InChI is InChI=1S/C14H11ClN4O3S/c15-10-2-1-3-13(8-10)23(21,22)12-6-4-11(5-7-12)18-14(20)9-17-19-16/h1-8H,9H2,(H,18,20). The van der Waals surface area contributed by atoms with Crippen LogP contribution in [0.15, 0.2) is 63.4 Å². The second kappa shape index (κ2) is 7.15. The van der Waals surface area contributed by atoms with Crippen LogP contribution < -0.4 is 5.32 Å². The molecule has 1 amide bonds. The van der Waals surface area contributed by atoms with Crippen LogP contribution in [0.3, 0.4) is 0 Å². The first kappa shape index (κ1) is 16.8. The number of azide groups is 1. The maximum atomic E-state index is 12.5. The molecule has 23 heavy (non-hydrogen) atoms. The number of rotatable bonds is 5. The van der Waals surface area contributed by atoms with Crippen LogP contribution in [0.4, 0.5) is 5.69 Å². The predicted octanol–water partition coefficient (Wildman–Crippen LogP) is 3.42. The summed E-state index contributed by atoms with van der Waals surface area (Å²) in [5, 5.41) is 5.94. The van der Waals surface area contributed by atoms with Gasteiger partial charge < -0.3 is 5.32 Å². The highest BCUT2D eigenvalue weighted by Crippen LogP contribution is 2.24. The Bertz CT molecular complexity index is 875. The average molecular weight is 351 g/mol. The second-order valence-corrected chi connectivity index (χ2v) is 6.81. The number of carbonyl (C=O) groups is 1. The smallest absolute Gasteiger partial charge is 0.230 e. The minimum absolute atomic E-state index is 0.0767. The Balaban J connectivity index is 2.22. The van der Waals surface area contributed by atoms with Crippen molar-refractivity contribution in [1.82, 2.24) is 0 Å². The highest BCUT2D eigenvalue weighted by atomic mass is 35.5. The number of amides is 1. The molecule has 0 spiro atoms. The molecule has 2 aromatic carbocycles. The zero-order valence-electron chi connectivity index (χ0n) is 11.7. The molecule has 0 atom stereocenters. The Morgan fingerprint density at radius 3 is 2.48 bits per heavy atom. The number of hydrogen-bond donors (Lipinski definition) is 1. The molecule has 0 heterocycles. The fourth-order valence-electron chi connectivity index (χ4n) is 1.78. The maximum absolute atomic E-state index is 12.5. The van der Waals surface area contributed by atoms with Crippen molar-refractivity contribution in [2.75, 3.05) is 11.9 Å². The quantitative estimate of drug-likeness (QED) is 0.506. The van der Waals surface area contributed by atoms with E-state index in [1.165, 1.54) is 36.4 Å². The molecule has 7 nitrogen and oxygen atoms in total. The molecule has 9 heteroatoms. The van der Waals surface area contributed by atoms with Gasteiger partial charge in [-0.1, -0.05) is 22.8 Å². The summed E-state index contributed by atoms with van der Waals surface area (Å²) in [6, 6.07) is 11.6. The lowest BCUT2D eigenvalue weighted by molar-refractivity contribution is -0.114. The van der Waals surface area contributed by atoms with Crippen LogP contribution in [0.2, 0.25) is 5.02 Å². The highest BCUT2D eigenvalue weighted by molar-refractivity contribution is 7.91. The summed E-state index contributed by atoms with van der Waals surface area (Å²) < 4.78 is 24.9. The SMILES string of the molecule is [N-]=[N+]=NCC(=O)Nc1ccc(S(=O)(=O)c2cccc(Cl)c2)cc1. The van der Waals surface area contributed by atoms with E-state index < -0.39 is 15.7 Å². The monoisotopic (exact) mass is 350 g/mol. The van der Waals surface area contributed by atoms with Crippen molar-refractivity contribution in [3.63, 3.8) is 0 Å². The third-order valence-corrected chi connectivity index (χ3v) is 4.83. The summed E-state index contributed by atoms with van der Waals surface area (Å²) in [5.74, 6) is -0.492. The summed E-state index contributed by atoms with van der Waals surface area (Å²) in [7, 11) is -3.68. The van der Waals surface area contributed by atoms with Crippen molar-refractivity contribution in [2.45, 2.75) is 9.79 Å². The lowest BCUT2D eigenvalue weighted by Gasteiger charge is -2.07. The fraction of sp³-hybridized carbons (Fsp3) is 0.0714. The maximum Gasteiger partial charge on any atom is 0.230 e. The Labute approximate surface area is 137 Å². The molecule has 1 N–H and O–H groups in total. The first-order chi connectivity index (χ1) is 10.9. The topological polar surface area (TPSA) is 112 Å². The summed E-state index contributed by atoms with van der Waals surface area (Å²) in [4.78, 5) is 14.0. The number of carbonyl (C=O) groups excluding carboxylic acids is 1. The van der Waals surface area contributed by atoms with E-state index in [1.807, 2.05) is 0 Å². The van der Waals surface area contributed by atoms with Crippen LogP contribution in [0, 0.1) is 0 Å². The van der Waals surface area contributed by atoms with Gasteiger partial charge in [-0.05, 0) is 48.0 Å². The summed E-state index contributed by atoms with van der Waals surface area (Å²) >= 11 is 5.82. The van der Waals surface area contributed by atoms with E-state index in [-0.39, 0.29) is 16.3 Å². The second-order valence-electron chi connectivity index (χ2n) is 4.42. The lowest BCUT2D eigenvalue weighted by atomic mass is 10.3. The Morgan fingerprint density at radius 2 is 1.87 bits per heavy atom. The first-order valence-corrected chi connectivity index (χ1v) is 8.21.